The van der Waals surface area contributed by atoms with Gasteiger partial charge in [0.25, 0.3) is 0 Å². The van der Waals surface area contributed by atoms with Crippen LogP contribution in [0.25, 0.3) is 0 Å². The van der Waals surface area contributed by atoms with Crippen LogP contribution in [-0.2, 0) is 19.1 Å². The maximum Gasteiger partial charge on any atom is 0.338 e. The molecule has 0 heterocycles. The van der Waals surface area contributed by atoms with E-state index in [0.29, 0.717) is 36.3 Å². The fourth-order valence-electron chi connectivity index (χ4n) is 1.74. The Hall–Kier alpha value is -2.63. The number of rotatable bonds is 8. The summed E-state index contributed by atoms with van der Waals surface area (Å²) in [6.07, 6.45) is 1.60. The second-order valence-electron chi connectivity index (χ2n) is 4.84. The van der Waals surface area contributed by atoms with Crippen LogP contribution in [-0.4, -0.2) is 25.0 Å². The molecular formula is C17H20O6. The van der Waals surface area contributed by atoms with Crippen molar-refractivity contribution in [3.63, 3.8) is 0 Å². The lowest BCUT2D eigenvalue weighted by atomic mass is 10.1. The standard InChI is InChI=1S/C17H20O6/c1-12(6-4-5-7-16(19)22-13(2)18)17(20)23-15-10-8-14(21-3)9-11-15/h8-11H,1,4-7H2,2-3H3. The van der Waals surface area contributed by atoms with Crippen LogP contribution in [0.1, 0.15) is 32.6 Å². The normalized spacial score (nSPS) is 9.83. The average molecular weight is 320 g/mol. The topological polar surface area (TPSA) is 78.9 Å². The molecule has 0 fully saturated rings. The first kappa shape index (κ1) is 18.4. The highest BCUT2D eigenvalue weighted by Gasteiger charge is 2.11. The summed E-state index contributed by atoms with van der Waals surface area (Å²) in [6, 6.07) is 6.63. The van der Waals surface area contributed by atoms with Crippen molar-refractivity contribution in [3.8, 4) is 11.5 Å². The molecule has 0 aliphatic heterocycles. The zero-order chi connectivity index (χ0) is 17.2. The van der Waals surface area contributed by atoms with Gasteiger partial charge in [0.05, 0.1) is 7.11 Å². The van der Waals surface area contributed by atoms with Crippen molar-refractivity contribution in [2.75, 3.05) is 7.11 Å². The van der Waals surface area contributed by atoms with Gasteiger partial charge in [0, 0.05) is 18.9 Å². The van der Waals surface area contributed by atoms with E-state index >= 15 is 0 Å². The highest BCUT2D eigenvalue weighted by molar-refractivity contribution is 5.89. The highest BCUT2D eigenvalue weighted by Crippen LogP contribution is 2.19. The van der Waals surface area contributed by atoms with Crippen molar-refractivity contribution in [2.45, 2.75) is 32.6 Å². The number of benzene rings is 1. The minimum absolute atomic E-state index is 0.125. The SMILES string of the molecule is C=C(CCCCC(=O)OC(C)=O)C(=O)Oc1ccc(OC)cc1. The van der Waals surface area contributed by atoms with Gasteiger partial charge < -0.3 is 14.2 Å². The summed E-state index contributed by atoms with van der Waals surface area (Å²) in [7, 11) is 1.55. The number of carbonyl (C=O) groups is 3. The molecule has 0 unspecified atom stereocenters. The molecule has 0 spiro atoms. The molecule has 1 rings (SSSR count). The van der Waals surface area contributed by atoms with Gasteiger partial charge in [0.2, 0.25) is 0 Å². The number of hydrogen-bond donors (Lipinski definition) is 0. The molecule has 0 aliphatic carbocycles. The Morgan fingerprint density at radius 2 is 1.57 bits per heavy atom. The summed E-state index contributed by atoms with van der Waals surface area (Å²) < 4.78 is 14.6. The predicted octanol–water partition coefficient (Wildman–Crippen LogP) is 2.81. The average Bonchev–Trinajstić information content (AvgIpc) is 2.51. The second-order valence-corrected chi connectivity index (χ2v) is 4.84. The number of hydrogen-bond acceptors (Lipinski definition) is 6. The molecular weight excluding hydrogens is 300 g/mol. The molecule has 0 aromatic heterocycles. The Kier molecular flexibility index (Phi) is 7.53. The molecule has 0 radical (unpaired) electrons. The third-order valence-corrected chi connectivity index (χ3v) is 2.93. The smallest absolute Gasteiger partial charge is 0.338 e. The Labute approximate surface area is 135 Å². The molecule has 23 heavy (non-hydrogen) atoms. The van der Waals surface area contributed by atoms with Crippen LogP contribution in [0.4, 0.5) is 0 Å². The van der Waals surface area contributed by atoms with Crippen molar-refractivity contribution in [1.82, 2.24) is 0 Å². The first-order valence-electron chi connectivity index (χ1n) is 7.17. The number of methoxy groups -OCH3 is 1. The van der Waals surface area contributed by atoms with E-state index in [1.807, 2.05) is 0 Å². The summed E-state index contributed by atoms with van der Waals surface area (Å²) >= 11 is 0. The van der Waals surface area contributed by atoms with Crippen LogP contribution >= 0.6 is 0 Å². The van der Waals surface area contributed by atoms with Crippen LogP contribution in [0, 0.1) is 0 Å². The predicted molar refractivity (Wildman–Crippen MR) is 83.0 cm³/mol. The van der Waals surface area contributed by atoms with Gasteiger partial charge in [-0.25, -0.2) is 4.79 Å². The second kappa shape index (κ2) is 9.40. The van der Waals surface area contributed by atoms with E-state index < -0.39 is 17.9 Å². The van der Waals surface area contributed by atoms with E-state index in [2.05, 4.69) is 11.3 Å². The molecule has 124 valence electrons. The van der Waals surface area contributed by atoms with E-state index in [1.165, 1.54) is 6.92 Å². The van der Waals surface area contributed by atoms with Crippen molar-refractivity contribution < 1.29 is 28.6 Å². The van der Waals surface area contributed by atoms with Crippen LogP contribution in [0.2, 0.25) is 0 Å². The number of esters is 3. The number of ether oxygens (including phenoxy) is 3. The molecule has 0 aliphatic rings. The van der Waals surface area contributed by atoms with Crippen LogP contribution in [0.3, 0.4) is 0 Å². The highest BCUT2D eigenvalue weighted by atomic mass is 16.6. The van der Waals surface area contributed by atoms with Crippen molar-refractivity contribution >= 4 is 17.9 Å². The Morgan fingerprint density at radius 1 is 1.00 bits per heavy atom. The largest absolute Gasteiger partial charge is 0.497 e. The summed E-state index contributed by atoms with van der Waals surface area (Å²) in [5.74, 6) is -0.629. The van der Waals surface area contributed by atoms with Gasteiger partial charge >= 0.3 is 17.9 Å². The van der Waals surface area contributed by atoms with Crippen LogP contribution < -0.4 is 9.47 Å². The van der Waals surface area contributed by atoms with E-state index in [-0.39, 0.29) is 6.42 Å². The molecule has 0 atom stereocenters. The van der Waals surface area contributed by atoms with Crippen molar-refractivity contribution in [1.29, 1.82) is 0 Å². The van der Waals surface area contributed by atoms with Gasteiger partial charge in [0.15, 0.2) is 0 Å². The fourth-order valence-corrected chi connectivity index (χ4v) is 1.74. The van der Waals surface area contributed by atoms with Gasteiger partial charge in [-0.3, -0.25) is 9.59 Å². The minimum Gasteiger partial charge on any atom is -0.497 e. The van der Waals surface area contributed by atoms with Crippen LogP contribution in [0.5, 0.6) is 11.5 Å². The summed E-state index contributed by atoms with van der Waals surface area (Å²) in [4.78, 5) is 33.6. The zero-order valence-corrected chi connectivity index (χ0v) is 13.3. The Bertz CT molecular complexity index is 573. The maximum absolute atomic E-state index is 11.9. The van der Waals surface area contributed by atoms with E-state index in [1.54, 1.807) is 31.4 Å². The van der Waals surface area contributed by atoms with Crippen molar-refractivity contribution in [3.05, 3.63) is 36.4 Å². The van der Waals surface area contributed by atoms with E-state index in [4.69, 9.17) is 9.47 Å². The number of carbonyl (C=O) groups excluding carboxylic acids is 3. The van der Waals surface area contributed by atoms with Crippen molar-refractivity contribution in [2.24, 2.45) is 0 Å². The maximum atomic E-state index is 11.9. The number of unbranched alkanes of at least 4 members (excludes halogenated alkanes) is 1. The molecule has 6 nitrogen and oxygen atoms in total. The Balaban J connectivity index is 2.29. The van der Waals surface area contributed by atoms with E-state index in [9.17, 15) is 14.4 Å². The molecule has 0 saturated carbocycles. The van der Waals surface area contributed by atoms with Gasteiger partial charge in [-0.1, -0.05) is 6.58 Å². The molecule has 1 aromatic carbocycles. The molecule has 0 bridgehead atoms. The fraction of sp³-hybridized carbons (Fsp3) is 0.353. The lowest BCUT2D eigenvalue weighted by Crippen LogP contribution is -2.11. The monoisotopic (exact) mass is 320 g/mol. The van der Waals surface area contributed by atoms with Gasteiger partial charge in [-0.2, -0.15) is 0 Å². The first-order chi connectivity index (χ1) is 10.9. The molecule has 1 aromatic rings. The first-order valence-corrected chi connectivity index (χ1v) is 7.17. The summed E-state index contributed by atoms with van der Waals surface area (Å²) in [6.45, 7) is 4.86. The third kappa shape index (κ3) is 7.26. The molecule has 0 N–H and O–H groups in total. The molecule has 0 saturated heterocycles. The Morgan fingerprint density at radius 3 is 2.13 bits per heavy atom. The quantitative estimate of drug-likeness (QED) is 0.241. The summed E-state index contributed by atoms with van der Waals surface area (Å²) in [5.41, 5.74) is 0.320. The summed E-state index contributed by atoms with van der Waals surface area (Å²) in [5, 5.41) is 0. The molecule has 6 heteroatoms. The zero-order valence-electron chi connectivity index (χ0n) is 13.3. The third-order valence-electron chi connectivity index (χ3n) is 2.93. The van der Waals surface area contributed by atoms with Gasteiger partial charge in [0.1, 0.15) is 11.5 Å². The van der Waals surface area contributed by atoms with Gasteiger partial charge in [-0.15, -0.1) is 0 Å². The minimum atomic E-state index is -0.623. The van der Waals surface area contributed by atoms with Gasteiger partial charge in [-0.05, 0) is 43.5 Å². The van der Waals surface area contributed by atoms with Crippen LogP contribution in [0.15, 0.2) is 36.4 Å². The lowest BCUT2D eigenvalue weighted by Gasteiger charge is -2.07. The lowest BCUT2D eigenvalue weighted by molar-refractivity contribution is -0.158. The van der Waals surface area contributed by atoms with E-state index in [0.717, 1.165) is 0 Å². The molecule has 0 amide bonds.